The second kappa shape index (κ2) is 9.35. The molecule has 0 saturated heterocycles. The van der Waals surface area contributed by atoms with Gasteiger partial charge in [-0.05, 0) is 31.1 Å². The molecule has 6 heteroatoms. The zero-order valence-corrected chi connectivity index (χ0v) is 15.6. The number of hydrogen-bond donors (Lipinski definition) is 3. The molecular weight excluding hydrogens is 325 g/mol. The van der Waals surface area contributed by atoms with E-state index in [0.717, 1.165) is 19.3 Å². The second-order valence-corrected chi connectivity index (χ2v) is 10.5. The molecule has 0 aromatic heterocycles. The predicted octanol–water partition coefficient (Wildman–Crippen LogP) is 4.18. The minimum atomic E-state index is -3.62. The number of aliphatic carboxylic acids is 1. The van der Waals surface area contributed by atoms with Crippen molar-refractivity contribution in [3.8, 4) is 0 Å². The lowest BCUT2D eigenvalue weighted by molar-refractivity contribution is -0.141. The third kappa shape index (κ3) is 6.16. The Bertz CT molecular complexity index is 444. The van der Waals surface area contributed by atoms with Gasteiger partial charge < -0.3 is 15.7 Å². The highest BCUT2D eigenvalue weighted by Crippen LogP contribution is 2.49. The van der Waals surface area contributed by atoms with Gasteiger partial charge in [0.1, 0.15) is 0 Å². The van der Waals surface area contributed by atoms with Gasteiger partial charge in [0, 0.05) is 6.16 Å². The van der Waals surface area contributed by atoms with Crippen molar-refractivity contribution in [2.45, 2.75) is 82.8 Å². The fourth-order valence-electron chi connectivity index (χ4n) is 4.41. The summed E-state index contributed by atoms with van der Waals surface area (Å²) in [6.45, 7) is 0. The maximum atomic E-state index is 12.7. The maximum Gasteiger partial charge on any atom is 0.307 e. The van der Waals surface area contributed by atoms with E-state index in [1.54, 1.807) is 0 Å². The Balaban J connectivity index is 1.85. The van der Waals surface area contributed by atoms with E-state index >= 15 is 0 Å². The number of hydrogen-bond acceptors (Lipinski definition) is 3. The van der Waals surface area contributed by atoms with Gasteiger partial charge in [-0.15, -0.1) is 0 Å². The zero-order chi connectivity index (χ0) is 17.6. The summed E-state index contributed by atoms with van der Waals surface area (Å²) in [7, 11) is -3.62. The maximum absolute atomic E-state index is 12.7. The Morgan fingerprint density at radius 2 is 1.58 bits per heavy atom. The Morgan fingerprint density at radius 1 is 1.04 bits per heavy atom. The van der Waals surface area contributed by atoms with Crippen LogP contribution in [0.15, 0.2) is 0 Å². The Morgan fingerprint density at radius 3 is 2.17 bits per heavy atom. The van der Waals surface area contributed by atoms with Crippen LogP contribution in [0.5, 0.6) is 0 Å². The first-order valence-corrected chi connectivity index (χ1v) is 11.6. The molecule has 2 aliphatic carbocycles. The summed E-state index contributed by atoms with van der Waals surface area (Å²) in [6.07, 6.45) is 12.3. The van der Waals surface area contributed by atoms with Gasteiger partial charge in [-0.2, -0.15) is 0 Å². The van der Waals surface area contributed by atoms with Crippen molar-refractivity contribution in [1.29, 1.82) is 0 Å². The predicted molar refractivity (Wildman–Crippen MR) is 96.2 cm³/mol. The van der Waals surface area contributed by atoms with E-state index in [-0.39, 0.29) is 6.16 Å². The molecule has 3 atom stereocenters. The van der Waals surface area contributed by atoms with Crippen molar-refractivity contribution in [3.05, 3.63) is 0 Å². The van der Waals surface area contributed by atoms with Crippen LogP contribution in [0.1, 0.15) is 77.0 Å². The normalized spacial score (nSPS) is 25.2. The Hall–Kier alpha value is -0.380. The van der Waals surface area contributed by atoms with Crippen LogP contribution in [0.2, 0.25) is 0 Å². The highest BCUT2D eigenvalue weighted by atomic mass is 31.2. The van der Waals surface area contributed by atoms with E-state index in [4.69, 9.17) is 5.73 Å². The Labute approximate surface area is 145 Å². The summed E-state index contributed by atoms with van der Waals surface area (Å²) >= 11 is 0. The number of rotatable bonds is 9. The summed E-state index contributed by atoms with van der Waals surface area (Å²) in [6, 6.07) is 0. The lowest BCUT2D eigenvalue weighted by Crippen LogP contribution is -2.29. The molecule has 0 heterocycles. The van der Waals surface area contributed by atoms with Crippen LogP contribution in [0.25, 0.3) is 0 Å². The summed E-state index contributed by atoms with van der Waals surface area (Å²) < 4.78 is 12.7. The molecule has 2 aliphatic rings. The number of carbonyl (C=O) groups is 1. The molecule has 140 valence electrons. The topological polar surface area (TPSA) is 101 Å². The van der Waals surface area contributed by atoms with Crippen molar-refractivity contribution in [1.82, 2.24) is 0 Å². The zero-order valence-electron chi connectivity index (χ0n) is 14.7. The van der Waals surface area contributed by atoms with Crippen molar-refractivity contribution in [3.63, 3.8) is 0 Å². The second-order valence-electron chi connectivity index (χ2n) is 8.01. The largest absolute Gasteiger partial charge is 0.481 e. The summed E-state index contributed by atoms with van der Waals surface area (Å²) in [4.78, 5) is 21.9. The minimum absolute atomic E-state index is 0.164. The smallest absolute Gasteiger partial charge is 0.307 e. The van der Waals surface area contributed by atoms with Crippen LogP contribution >= 0.6 is 7.37 Å². The number of nitrogens with two attached hydrogens (primary N) is 1. The van der Waals surface area contributed by atoms with Crippen LogP contribution in [-0.2, 0) is 9.36 Å². The van der Waals surface area contributed by atoms with Crippen LogP contribution < -0.4 is 5.73 Å². The quantitative estimate of drug-likeness (QED) is 0.536. The van der Waals surface area contributed by atoms with Gasteiger partial charge in [0.05, 0.1) is 11.7 Å². The van der Waals surface area contributed by atoms with E-state index in [2.05, 4.69) is 0 Å². The fraction of sp³-hybridized carbons (Fsp3) is 0.944. The molecule has 0 radical (unpaired) electrons. The molecule has 0 amide bonds. The van der Waals surface area contributed by atoms with E-state index in [1.807, 2.05) is 0 Å². The molecular formula is C18H34NO4P. The SMILES string of the molecule is NC(CC1CCCCC1)P(=O)(O)CC(CCC1CCCC1)C(=O)O. The summed E-state index contributed by atoms with van der Waals surface area (Å²) in [5.74, 6) is -1.43. The minimum Gasteiger partial charge on any atom is -0.481 e. The molecule has 2 fully saturated rings. The van der Waals surface area contributed by atoms with Gasteiger partial charge in [-0.3, -0.25) is 9.36 Å². The molecule has 2 rings (SSSR count). The molecule has 24 heavy (non-hydrogen) atoms. The molecule has 0 bridgehead atoms. The Kier molecular flexibility index (Phi) is 7.77. The van der Waals surface area contributed by atoms with E-state index in [0.29, 0.717) is 24.7 Å². The average Bonchev–Trinajstić information content (AvgIpc) is 3.05. The number of carboxylic acids is 1. The first-order chi connectivity index (χ1) is 11.4. The summed E-state index contributed by atoms with van der Waals surface area (Å²) in [5.41, 5.74) is 6.04. The molecule has 0 aliphatic heterocycles. The molecule has 0 spiro atoms. The first kappa shape index (κ1) is 19.9. The van der Waals surface area contributed by atoms with Crippen LogP contribution in [0, 0.1) is 17.8 Å². The van der Waals surface area contributed by atoms with Gasteiger partial charge in [-0.25, -0.2) is 0 Å². The van der Waals surface area contributed by atoms with Gasteiger partial charge in [0.15, 0.2) is 0 Å². The van der Waals surface area contributed by atoms with Gasteiger partial charge in [-0.1, -0.05) is 57.8 Å². The molecule has 5 nitrogen and oxygen atoms in total. The van der Waals surface area contributed by atoms with E-state index < -0.39 is 25.0 Å². The lowest BCUT2D eigenvalue weighted by Gasteiger charge is -2.28. The van der Waals surface area contributed by atoms with Gasteiger partial charge in [0.2, 0.25) is 7.37 Å². The van der Waals surface area contributed by atoms with E-state index in [1.165, 1.54) is 44.9 Å². The average molecular weight is 359 g/mol. The van der Waals surface area contributed by atoms with Crippen LogP contribution in [-0.4, -0.2) is 27.9 Å². The van der Waals surface area contributed by atoms with E-state index in [9.17, 15) is 19.4 Å². The number of carboxylic acid groups (broad SMARTS) is 1. The fourth-order valence-corrected chi connectivity index (χ4v) is 6.28. The standard InChI is InChI=1S/C18H34NO4P/c19-17(12-15-8-2-1-3-9-15)24(22,23)13-16(18(20)21)11-10-14-6-4-5-7-14/h14-17H,1-13,19H2,(H,20,21)(H,22,23). The van der Waals surface area contributed by atoms with Crippen molar-refractivity contribution in [2.24, 2.45) is 23.5 Å². The van der Waals surface area contributed by atoms with Crippen LogP contribution in [0.4, 0.5) is 0 Å². The first-order valence-electron chi connectivity index (χ1n) is 9.68. The van der Waals surface area contributed by atoms with Crippen molar-refractivity contribution >= 4 is 13.3 Å². The molecule has 3 unspecified atom stereocenters. The van der Waals surface area contributed by atoms with Gasteiger partial charge in [0.25, 0.3) is 0 Å². The van der Waals surface area contributed by atoms with Crippen molar-refractivity contribution in [2.75, 3.05) is 6.16 Å². The lowest BCUT2D eigenvalue weighted by atomic mass is 9.87. The molecule has 4 N–H and O–H groups in total. The molecule has 2 saturated carbocycles. The summed E-state index contributed by atoms with van der Waals surface area (Å²) in [5, 5.41) is 9.44. The molecule has 0 aromatic carbocycles. The van der Waals surface area contributed by atoms with Gasteiger partial charge >= 0.3 is 5.97 Å². The highest BCUT2D eigenvalue weighted by Gasteiger charge is 2.35. The van der Waals surface area contributed by atoms with Crippen LogP contribution in [0.3, 0.4) is 0 Å². The molecule has 0 aromatic rings. The third-order valence-corrected chi connectivity index (χ3v) is 8.26. The monoisotopic (exact) mass is 359 g/mol. The highest BCUT2D eigenvalue weighted by molar-refractivity contribution is 7.58. The third-order valence-electron chi connectivity index (χ3n) is 6.05. The van der Waals surface area contributed by atoms with Crippen molar-refractivity contribution < 1.29 is 19.4 Å².